The minimum atomic E-state index is -0.500. The number of fused-ring (bicyclic) bond motifs is 1. The normalized spacial score (nSPS) is 10.7. The first-order valence-corrected chi connectivity index (χ1v) is 9.89. The molecule has 1 N–H and O–H groups in total. The SMILES string of the molecule is COc1ccc(-c2nc3ccccc3s2)cc1NC(=O)c1cccc([N+](=O)[O-])c1C. The van der Waals surface area contributed by atoms with Gasteiger partial charge in [-0.2, -0.15) is 0 Å². The first-order valence-electron chi connectivity index (χ1n) is 9.07. The number of carbonyl (C=O) groups is 1. The predicted molar refractivity (Wildman–Crippen MR) is 117 cm³/mol. The molecule has 1 amide bonds. The third-order valence-electron chi connectivity index (χ3n) is 4.74. The van der Waals surface area contributed by atoms with Crippen molar-refractivity contribution < 1.29 is 14.5 Å². The number of carbonyl (C=O) groups excluding carboxylic acids is 1. The van der Waals surface area contributed by atoms with Gasteiger partial charge in [0.25, 0.3) is 11.6 Å². The van der Waals surface area contributed by atoms with E-state index in [4.69, 9.17) is 4.74 Å². The number of nitro benzene ring substituents is 1. The van der Waals surface area contributed by atoms with Crippen molar-refractivity contribution in [3.63, 3.8) is 0 Å². The lowest BCUT2D eigenvalue weighted by molar-refractivity contribution is -0.385. The molecular formula is C22H17N3O4S. The van der Waals surface area contributed by atoms with Gasteiger partial charge >= 0.3 is 0 Å². The first kappa shape index (κ1) is 19.5. The molecule has 0 fully saturated rings. The van der Waals surface area contributed by atoms with Crippen molar-refractivity contribution in [2.75, 3.05) is 12.4 Å². The van der Waals surface area contributed by atoms with Gasteiger partial charge in [-0.3, -0.25) is 14.9 Å². The molecule has 8 heteroatoms. The number of nitro groups is 1. The van der Waals surface area contributed by atoms with E-state index in [2.05, 4.69) is 10.3 Å². The molecule has 1 aromatic heterocycles. The number of hydrogen-bond donors (Lipinski definition) is 1. The molecule has 3 aromatic carbocycles. The van der Waals surface area contributed by atoms with Crippen molar-refractivity contribution in [3.8, 4) is 16.3 Å². The quantitative estimate of drug-likeness (QED) is 0.343. The van der Waals surface area contributed by atoms with Gasteiger partial charge in [-0.25, -0.2) is 4.98 Å². The minimum Gasteiger partial charge on any atom is -0.495 e. The third kappa shape index (κ3) is 3.60. The Hall–Kier alpha value is -3.78. The molecule has 0 atom stereocenters. The Morgan fingerprint density at radius 1 is 1.13 bits per heavy atom. The fourth-order valence-electron chi connectivity index (χ4n) is 3.19. The summed E-state index contributed by atoms with van der Waals surface area (Å²) in [5, 5.41) is 14.8. The molecule has 0 bridgehead atoms. The van der Waals surface area contributed by atoms with Crippen molar-refractivity contribution >= 4 is 38.8 Å². The second-order valence-corrected chi connectivity index (χ2v) is 7.59. The summed E-state index contributed by atoms with van der Waals surface area (Å²) >= 11 is 1.56. The number of methoxy groups -OCH3 is 1. The Kier molecular flexibility index (Phi) is 5.16. The lowest BCUT2D eigenvalue weighted by atomic mass is 10.1. The predicted octanol–water partition coefficient (Wildman–Crippen LogP) is 5.44. The number of hydrogen-bond acceptors (Lipinski definition) is 6. The van der Waals surface area contributed by atoms with Crippen LogP contribution in [0.1, 0.15) is 15.9 Å². The Morgan fingerprint density at radius 3 is 2.67 bits per heavy atom. The van der Waals surface area contributed by atoms with Crippen molar-refractivity contribution in [2.45, 2.75) is 6.92 Å². The number of nitrogens with one attached hydrogen (secondary N) is 1. The summed E-state index contributed by atoms with van der Waals surface area (Å²) in [6, 6.07) is 17.7. The van der Waals surface area contributed by atoms with Crippen LogP contribution in [0.25, 0.3) is 20.8 Å². The molecular weight excluding hydrogens is 402 g/mol. The maximum Gasteiger partial charge on any atom is 0.273 e. The Balaban J connectivity index is 1.70. The van der Waals surface area contributed by atoms with E-state index in [0.29, 0.717) is 17.0 Å². The molecule has 30 heavy (non-hydrogen) atoms. The van der Waals surface area contributed by atoms with Crippen molar-refractivity contribution in [3.05, 3.63) is 81.9 Å². The molecule has 4 aromatic rings. The summed E-state index contributed by atoms with van der Waals surface area (Å²) in [5.41, 5.74) is 2.65. The summed E-state index contributed by atoms with van der Waals surface area (Å²) in [4.78, 5) is 28.2. The molecule has 0 aliphatic rings. The topological polar surface area (TPSA) is 94.4 Å². The van der Waals surface area contributed by atoms with Crippen LogP contribution in [0.5, 0.6) is 5.75 Å². The van der Waals surface area contributed by atoms with Crippen LogP contribution in [0.2, 0.25) is 0 Å². The van der Waals surface area contributed by atoms with Crippen LogP contribution in [-0.2, 0) is 0 Å². The number of anilines is 1. The van der Waals surface area contributed by atoms with Gasteiger partial charge in [-0.05, 0) is 43.3 Å². The molecule has 150 valence electrons. The van der Waals surface area contributed by atoms with E-state index in [1.807, 2.05) is 30.3 Å². The van der Waals surface area contributed by atoms with Gasteiger partial charge in [0.15, 0.2) is 0 Å². The highest BCUT2D eigenvalue weighted by atomic mass is 32.1. The number of amides is 1. The average molecular weight is 419 g/mol. The average Bonchev–Trinajstić information content (AvgIpc) is 3.18. The molecule has 0 radical (unpaired) electrons. The molecule has 0 spiro atoms. The van der Waals surface area contributed by atoms with E-state index in [0.717, 1.165) is 20.8 Å². The third-order valence-corrected chi connectivity index (χ3v) is 5.82. The number of aromatic nitrogens is 1. The van der Waals surface area contributed by atoms with Crippen LogP contribution in [0.4, 0.5) is 11.4 Å². The first-order chi connectivity index (χ1) is 14.5. The van der Waals surface area contributed by atoms with Crippen LogP contribution in [0, 0.1) is 17.0 Å². The van der Waals surface area contributed by atoms with Gasteiger partial charge in [0.05, 0.1) is 27.9 Å². The maximum absolute atomic E-state index is 12.9. The summed E-state index contributed by atoms with van der Waals surface area (Å²) in [6.07, 6.45) is 0. The molecule has 7 nitrogen and oxygen atoms in total. The summed E-state index contributed by atoms with van der Waals surface area (Å²) in [7, 11) is 1.51. The van der Waals surface area contributed by atoms with Crippen LogP contribution >= 0.6 is 11.3 Å². The number of thiazole rings is 1. The molecule has 0 aliphatic heterocycles. The standard InChI is InChI=1S/C22H17N3O4S/c1-13-15(6-5-8-18(13)25(27)28)21(26)23-17-12-14(10-11-19(17)29-2)22-24-16-7-3-4-9-20(16)30-22/h3-12H,1-2H3,(H,23,26). The zero-order chi connectivity index (χ0) is 21.3. The van der Waals surface area contributed by atoms with E-state index in [-0.39, 0.29) is 11.3 Å². The van der Waals surface area contributed by atoms with E-state index >= 15 is 0 Å². The zero-order valence-electron chi connectivity index (χ0n) is 16.2. The Bertz CT molecular complexity index is 1250. The lowest BCUT2D eigenvalue weighted by Crippen LogP contribution is -2.14. The number of ether oxygens (including phenoxy) is 1. The van der Waals surface area contributed by atoms with Crippen molar-refractivity contribution in [1.82, 2.24) is 4.98 Å². The molecule has 0 aliphatic carbocycles. The highest BCUT2D eigenvalue weighted by Crippen LogP contribution is 2.35. The van der Waals surface area contributed by atoms with E-state index < -0.39 is 10.8 Å². The van der Waals surface area contributed by atoms with Gasteiger partial charge < -0.3 is 10.1 Å². The van der Waals surface area contributed by atoms with Gasteiger partial charge in [-0.1, -0.05) is 18.2 Å². The van der Waals surface area contributed by atoms with Gasteiger partial charge in [-0.15, -0.1) is 11.3 Å². The Labute approximate surface area is 176 Å². The van der Waals surface area contributed by atoms with Crippen LogP contribution < -0.4 is 10.1 Å². The summed E-state index contributed by atoms with van der Waals surface area (Å²) in [6.45, 7) is 1.56. The molecule has 0 saturated heterocycles. The fourth-order valence-corrected chi connectivity index (χ4v) is 4.15. The minimum absolute atomic E-state index is 0.0992. The molecule has 4 rings (SSSR count). The fraction of sp³-hybridized carbons (Fsp3) is 0.0909. The number of rotatable bonds is 5. The monoisotopic (exact) mass is 419 g/mol. The second kappa shape index (κ2) is 7.92. The van der Waals surface area contributed by atoms with Gasteiger partial charge in [0, 0.05) is 22.8 Å². The van der Waals surface area contributed by atoms with Crippen molar-refractivity contribution in [2.24, 2.45) is 0 Å². The molecule has 0 saturated carbocycles. The smallest absolute Gasteiger partial charge is 0.273 e. The van der Waals surface area contributed by atoms with E-state index in [1.165, 1.54) is 19.2 Å². The number of para-hydroxylation sites is 1. The zero-order valence-corrected chi connectivity index (χ0v) is 17.0. The highest BCUT2D eigenvalue weighted by molar-refractivity contribution is 7.21. The Morgan fingerprint density at radius 2 is 1.93 bits per heavy atom. The summed E-state index contributed by atoms with van der Waals surface area (Å²) < 4.78 is 6.45. The van der Waals surface area contributed by atoms with Crippen LogP contribution in [0.3, 0.4) is 0 Å². The van der Waals surface area contributed by atoms with Crippen molar-refractivity contribution in [1.29, 1.82) is 0 Å². The van der Waals surface area contributed by atoms with E-state index in [1.54, 1.807) is 36.5 Å². The van der Waals surface area contributed by atoms with Gasteiger partial charge in [0.1, 0.15) is 10.8 Å². The number of nitrogens with zero attached hydrogens (tertiary/aromatic N) is 2. The lowest BCUT2D eigenvalue weighted by Gasteiger charge is -2.12. The number of benzene rings is 3. The van der Waals surface area contributed by atoms with Gasteiger partial charge in [0.2, 0.25) is 0 Å². The largest absolute Gasteiger partial charge is 0.495 e. The molecule has 1 heterocycles. The second-order valence-electron chi connectivity index (χ2n) is 6.56. The van der Waals surface area contributed by atoms with Crippen LogP contribution in [-0.4, -0.2) is 22.9 Å². The maximum atomic E-state index is 12.9. The highest BCUT2D eigenvalue weighted by Gasteiger charge is 2.19. The van der Waals surface area contributed by atoms with E-state index in [9.17, 15) is 14.9 Å². The summed E-state index contributed by atoms with van der Waals surface area (Å²) in [5.74, 6) is 0.0345. The molecule has 0 unspecified atom stereocenters. The van der Waals surface area contributed by atoms with Crippen LogP contribution in [0.15, 0.2) is 60.7 Å².